The molecule has 0 spiro atoms. The second-order valence-corrected chi connectivity index (χ2v) is 12.8. The molecule has 0 amide bonds. The number of rotatable bonds is 15. The van der Waals surface area contributed by atoms with Crippen LogP contribution in [0.3, 0.4) is 0 Å². The molecular formula is C35H43ClO20. The van der Waals surface area contributed by atoms with E-state index >= 15 is 0 Å². The Labute approximate surface area is 325 Å². The standard InChI is InChI=1S/C35H43ClO20/c1-15-11-23(36)9-10-24(15)47-14-27(44)55-34-32(51-21(7)42)31(50-20(6)41)29(26(53-34)13-46-17(3)38)56-35-33(52-22(8)43)30(49-19(5)40)28(48-18(4)39)25(54-35)12-45-16(2)37/h9-11,25-26,28-35H,12-14H2,1-8H3/t25-,26-,28-,29-,30+,31+,32-,33-,34+,35-/m1/s1. The highest BCUT2D eigenvalue weighted by molar-refractivity contribution is 6.30. The van der Waals surface area contributed by atoms with Crippen LogP contribution < -0.4 is 4.74 Å². The van der Waals surface area contributed by atoms with Crippen LogP contribution in [0.4, 0.5) is 0 Å². The molecule has 2 heterocycles. The minimum absolute atomic E-state index is 0.288. The predicted octanol–water partition coefficient (Wildman–Crippen LogP) is 1.19. The van der Waals surface area contributed by atoms with Gasteiger partial charge >= 0.3 is 47.8 Å². The second kappa shape index (κ2) is 20.7. The fraction of sp³-hybridized carbons (Fsp3) is 0.600. The van der Waals surface area contributed by atoms with E-state index in [0.29, 0.717) is 10.6 Å². The number of hydrogen-bond donors (Lipinski definition) is 0. The number of ether oxygens (including phenoxy) is 12. The van der Waals surface area contributed by atoms with Crippen LogP contribution in [0.2, 0.25) is 5.02 Å². The third kappa shape index (κ3) is 13.6. The second-order valence-electron chi connectivity index (χ2n) is 12.4. The summed E-state index contributed by atoms with van der Waals surface area (Å²) in [6.45, 7) is 6.88. The molecule has 310 valence electrons. The molecule has 0 aliphatic carbocycles. The number of esters is 8. The van der Waals surface area contributed by atoms with E-state index in [1.54, 1.807) is 13.0 Å². The highest BCUT2D eigenvalue weighted by atomic mass is 35.5. The van der Waals surface area contributed by atoms with Crippen LogP contribution in [-0.4, -0.2) is 129 Å². The van der Waals surface area contributed by atoms with E-state index in [1.165, 1.54) is 12.1 Å². The Morgan fingerprint density at radius 1 is 0.554 bits per heavy atom. The van der Waals surface area contributed by atoms with Crippen molar-refractivity contribution in [3.8, 4) is 5.75 Å². The van der Waals surface area contributed by atoms with Crippen LogP contribution in [-0.2, 0) is 90.5 Å². The van der Waals surface area contributed by atoms with Crippen molar-refractivity contribution in [3.63, 3.8) is 0 Å². The van der Waals surface area contributed by atoms with Gasteiger partial charge in [0, 0.05) is 53.5 Å². The Kier molecular flexibility index (Phi) is 16.8. The van der Waals surface area contributed by atoms with Crippen LogP contribution >= 0.6 is 11.6 Å². The van der Waals surface area contributed by atoms with E-state index in [4.69, 9.17) is 68.4 Å². The molecule has 0 saturated carbocycles. The van der Waals surface area contributed by atoms with Gasteiger partial charge in [0.05, 0.1) is 0 Å². The number of carbonyl (C=O) groups is 8. The molecule has 21 heteroatoms. The van der Waals surface area contributed by atoms with Gasteiger partial charge in [-0.25, -0.2) is 4.79 Å². The number of halogens is 1. The zero-order chi connectivity index (χ0) is 41.9. The Morgan fingerprint density at radius 2 is 0.982 bits per heavy atom. The lowest BCUT2D eigenvalue weighted by Gasteiger charge is -2.48. The quantitative estimate of drug-likeness (QED) is 0.178. The van der Waals surface area contributed by atoms with Crippen molar-refractivity contribution in [3.05, 3.63) is 28.8 Å². The average Bonchev–Trinajstić information content (AvgIpc) is 3.06. The smallest absolute Gasteiger partial charge is 0.346 e. The van der Waals surface area contributed by atoms with Gasteiger partial charge in [0.25, 0.3) is 0 Å². The van der Waals surface area contributed by atoms with Crippen molar-refractivity contribution in [1.29, 1.82) is 0 Å². The normalized spacial score (nSPS) is 27.0. The summed E-state index contributed by atoms with van der Waals surface area (Å²) >= 11 is 5.99. The minimum atomic E-state index is -1.88. The maximum absolute atomic E-state index is 13.1. The summed E-state index contributed by atoms with van der Waals surface area (Å²) in [5.41, 5.74) is 0.593. The number of aryl methyl sites for hydroxylation is 1. The van der Waals surface area contributed by atoms with Gasteiger partial charge in [-0.3, -0.25) is 33.6 Å². The Bertz CT molecular complexity index is 1630. The summed E-state index contributed by atoms with van der Waals surface area (Å²) < 4.78 is 66.9. The zero-order valence-electron chi connectivity index (χ0n) is 31.7. The first-order valence-electron chi connectivity index (χ1n) is 16.9. The van der Waals surface area contributed by atoms with Gasteiger partial charge in [-0.05, 0) is 30.7 Å². The minimum Gasteiger partial charge on any atom is -0.482 e. The van der Waals surface area contributed by atoms with Gasteiger partial charge in [0.1, 0.15) is 37.3 Å². The van der Waals surface area contributed by atoms with E-state index < -0.39 is 129 Å². The summed E-state index contributed by atoms with van der Waals surface area (Å²) in [4.78, 5) is 98.9. The van der Waals surface area contributed by atoms with E-state index in [-0.39, 0.29) is 5.75 Å². The number of carbonyl (C=O) groups excluding carboxylic acids is 8. The van der Waals surface area contributed by atoms with E-state index in [9.17, 15) is 38.4 Å². The Hall–Kier alpha value is -5.05. The van der Waals surface area contributed by atoms with Crippen molar-refractivity contribution in [2.45, 2.75) is 117 Å². The van der Waals surface area contributed by atoms with Crippen LogP contribution in [0, 0.1) is 6.92 Å². The van der Waals surface area contributed by atoms with Crippen LogP contribution in [0.5, 0.6) is 5.75 Å². The number of hydrogen-bond acceptors (Lipinski definition) is 20. The van der Waals surface area contributed by atoms with Crippen molar-refractivity contribution in [2.75, 3.05) is 19.8 Å². The molecule has 2 aliphatic rings. The summed E-state index contributed by atoms with van der Waals surface area (Å²) in [7, 11) is 0. The SMILES string of the molecule is CC(=O)OC[C@H]1O[C@H](O[C@H]2[C@H](OC(C)=O)[C@@H](OC(C)=O)[C@H](OC(=O)COc3ccc(Cl)cc3C)O[C@@H]2COC(C)=O)[C@H](OC(C)=O)[C@@H](OC(C)=O)[C@@H]1OC(C)=O. The van der Waals surface area contributed by atoms with E-state index in [1.807, 2.05) is 0 Å². The number of benzene rings is 1. The Morgan fingerprint density at radius 3 is 1.46 bits per heavy atom. The van der Waals surface area contributed by atoms with E-state index in [2.05, 4.69) is 0 Å². The fourth-order valence-electron chi connectivity index (χ4n) is 5.64. The molecule has 0 N–H and O–H groups in total. The van der Waals surface area contributed by atoms with Gasteiger partial charge in [0.2, 0.25) is 12.4 Å². The molecule has 1 aromatic rings. The lowest BCUT2D eigenvalue weighted by Crippen LogP contribution is -2.67. The lowest BCUT2D eigenvalue weighted by molar-refractivity contribution is -0.357. The largest absolute Gasteiger partial charge is 0.482 e. The molecule has 1 aromatic carbocycles. The first kappa shape index (κ1) is 45.3. The van der Waals surface area contributed by atoms with Crippen molar-refractivity contribution in [1.82, 2.24) is 0 Å². The van der Waals surface area contributed by atoms with Gasteiger partial charge in [-0.1, -0.05) is 11.6 Å². The third-order valence-corrected chi connectivity index (χ3v) is 7.85. The highest BCUT2D eigenvalue weighted by Gasteiger charge is 2.58. The summed E-state index contributed by atoms with van der Waals surface area (Å²) in [5.74, 6) is -7.07. The van der Waals surface area contributed by atoms with Crippen LogP contribution in [0.15, 0.2) is 18.2 Å². The molecule has 0 unspecified atom stereocenters. The van der Waals surface area contributed by atoms with Crippen LogP contribution in [0.1, 0.15) is 54.0 Å². The van der Waals surface area contributed by atoms with Gasteiger partial charge in [-0.2, -0.15) is 0 Å². The molecule has 56 heavy (non-hydrogen) atoms. The van der Waals surface area contributed by atoms with Gasteiger partial charge in [-0.15, -0.1) is 0 Å². The molecular weight excluding hydrogens is 776 g/mol. The first-order chi connectivity index (χ1) is 26.2. The molecule has 2 aliphatic heterocycles. The molecule has 3 rings (SSSR count). The first-order valence-corrected chi connectivity index (χ1v) is 17.3. The molecule has 0 aromatic heterocycles. The maximum Gasteiger partial charge on any atom is 0.346 e. The fourth-order valence-corrected chi connectivity index (χ4v) is 5.87. The average molecular weight is 819 g/mol. The monoisotopic (exact) mass is 818 g/mol. The molecule has 2 fully saturated rings. The molecule has 10 atom stereocenters. The summed E-state index contributed by atoms with van der Waals surface area (Å²) in [6.07, 6.45) is -17.0. The zero-order valence-corrected chi connectivity index (χ0v) is 32.4. The molecule has 0 bridgehead atoms. The summed E-state index contributed by atoms with van der Waals surface area (Å²) in [6, 6.07) is 4.65. The summed E-state index contributed by atoms with van der Waals surface area (Å²) in [5, 5.41) is 0.424. The highest BCUT2D eigenvalue weighted by Crippen LogP contribution is 2.36. The molecule has 0 radical (unpaired) electrons. The predicted molar refractivity (Wildman–Crippen MR) is 181 cm³/mol. The van der Waals surface area contributed by atoms with Crippen LogP contribution in [0.25, 0.3) is 0 Å². The maximum atomic E-state index is 13.1. The van der Waals surface area contributed by atoms with Gasteiger partial charge < -0.3 is 56.8 Å². The van der Waals surface area contributed by atoms with Crippen molar-refractivity contribution >= 4 is 59.4 Å². The van der Waals surface area contributed by atoms with Crippen molar-refractivity contribution in [2.24, 2.45) is 0 Å². The Balaban J connectivity index is 2.10. The third-order valence-electron chi connectivity index (χ3n) is 7.62. The van der Waals surface area contributed by atoms with Gasteiger partial charge in [0.15, 0.2) is 37.3 Å². The van der Waals surface area contributed by atoms with Crippen molar-refractivity contribution < 1.29 is 95.2 Å². The topological polar surface area (TPSA) is 247 Å². The molecule has 2 saturated heterocycles. The lowest BCUT2D eigenvalue weighted by atomic mass is 9.96. The van der Waals surface area contributed by atoms with E-state index in [0.717, 1.165) is 48.5 Å². The molecule has 20 nitrogen and oxygen atoms in total.